The smallest absolute Gasteiger partial charge is 0.416 e. The number of amides is 1. The quantitative estimate of drug-likeness (QED) is 0.768. The highest BCUT2D eigenvalue weighted by Crippen LogP contribution is 2.52. The molecule has 0 spiro atoms. The number of piperidine rings is 1. The first kappa shape index (κ1) is 18.0. The Morgan fingerprint density at radius 3 is 2.87 bits per heavy atom. The van der Waals surface area contributed by atoms with Crippen molar-refractivity contribution in [3.63, 3.8) is 0 Å². The number of carbonyl (C=O) groups excluding carboxylic acids is 1. The Kier molecular flexibility index (Phi) is 3.79. The summed E-state index contributed by atoms with van der Waals surface area (Å²) in [6.07, 6.45) is -0.636. The van der Waals surface area contributed by atoms with Crippen LogP contribution in [0, 0.1) is 11.8 Å². The highest BCUT2D eigenvalue weighted by atomic mass is 19.3. The van der Waals surface area contributed by atoms with Crippen molar-refractivity contribution < 1.29 is 23.0 Å². The van der Waals surface area contributed by atoms with E-state index < -0.39 is 18.6 Å². The molecular weight excluding hydrogens is 394 g/mol. The van der Waals surface area contributed by atoms with Gasteiger partial charge in [0.1, 0.15) is 30.8 Å². The molecule has 3 aliphatic heterocycles. The Balaban J connectivity index is 1.36. The number of nitrogens with zero attached hydrogens (tertiary/aromatic N) is 4. The summed E-state index contributed by atoms with van der Waals surface area (Å²) in [5.41, 5.74) is 1.94. The molecule has 9 heteroatoms. The predicted octanol–water partition coefficient (Wildman–Crippen LogP) is 3.38. The Morgan fingerprint density at radius 2 is 2.10 bits per heavy atom. The maximum Gasteiger partial charge on any atom is 0.416 e. The molecule has 158 valence electrons. The minimum absolute atomic E-state index is 0.184. The van der Waals surface area contributed by atoms with Crippen molar-refractivity contribution in [1.29, 1.82) is 0 Å². The lowest BCUT2D eigenvalue weighted by Gasteiger charge is -2.23. The van der Waals surface area contributed by atoms with Gasteiger partial charge in [-0.3, -0.25) is 0 Å². The standard InChI is InChI=1S/C21H22F2N4O3/c1-11-13-4-5-26(18(11)13)12-2-3-14-16(8-12)29-7-6-25-9-17(24-20(14)25)27-15(19(22)23)10-30-21(27)28/h2-3,8-9,11,13,15,18-19H,4-7,10H2,1H3. The number of cyclic esters (lactones) is 1. The molecule has 2 aromatic rings. The first-order valence-corrected chi connectivity index (χ1v) is 10.4. The van der Waals surface area contributed by atoms with E-state index in [2.05, 4.69) is 28.9 Å². The van der Waals surface area contributed by atoms with E-state index in [0.29, 0.717) is 25.0 Å². The van der Waals surface area contributed by atoms with Crippen molar-refractivity contribution in [2.75, 3.05) is 29.6 Å². The maximum absolute atomic E-state index is 13.4. The number of anilines is 2. The molecule has 30 heavy (non-hydrogen) atoms. The van der Waals surface area contributed by atoms with Crippen LogP contribution in [0.25, 0.3) is 11.4 Å². The zero-order chi connectivity index (χ0) is 20.6. The highest BCUT2D eigenvalue weighted by Gasteiger charge is 2.54. The summed E-state index contributed by atoms with van der Waals surface area (Å²) in [6, 6.07) is 5.41. The topological polar surface area (TPSA) is 59.8 Å². The number of hydrogen-bond donors (Lipinski definition) is 0. The average molecular weight is 416 g/mol. The van der Waals surface area contributed by atoms with Crippen LogP contribution in [0.15, 0.2) is 24.4 Å². The number of aromatic nitrogens is 2. The van der Waals surface area contributed by atoms with Gasteiger partial charge in [-0.2, -0.15) is 0 Å². The molecule has 0 N–H and O–H groups in total. The molecule has 4 aliphatic rings. The van der Waals surface area contributed by atoms with Crippen LogP contribution in [0.2, 0.25) is 0 Å². The second kappa shape index (κ2) is 6.33. The average Bonchev–Trinajstić information content (AvgIpc) is 3.12. The van der Waals surface area contributed by atoms with Gasteiger partial charge in [0.25, 0.3) is 6.43 Å². The second-order valence-electron chi connectivity index (χ2n) is 8.49. The van der Waals surface area contributed by atoms with Crippen LogP contribution in [0.3, 0.4) is 0 Å². The molecular formula is C21H22F2N4O3. The van der Waals surface area contributed by atoms with E-state index in [4.69, 9.17) is 9.47 Å². The van der Waals surface area contributed by atoms with Crippen LogP contribution in [-0.4, -0.2) is 53.9 Å². The molecule has 4 atom stereocenters. The summed E-state index contributed by atoms with van der Waals surface area (Å²) in [7, 11) is 0. The number of hydrogen-bond acceptors (Lipinski definition) is 5. The zero-order valence-electron chi connectivity index (χ0n) is 16.5. The fourth-order valence-corrected chi connectivity index (χ4v) is 5.25. The summed E-state index contributed by atoms with van der Waals surface area (Å²) in [5, 5.41) is 0. The van der Waals surface area contributed by atoms with E-state index in [0.717, 1.165) is 40.3 Å². The van der Waals surface area contributed by atoms with Gasteiger partial charge in [0.2, 0.25) is 0 Å². The second-order valence-corrected chi connectivity index (χ2v) is 8.49. The third kappa shape index (κ3) is 2.53. The number of halogens is 2. The molecule has 7 nitrogen and oxygen atoms in total. The normalized spacial score (nSPS) is 29.3. The molecule has 0 radical (unpaired) electrons. The first-order valence-electron chi connectivity index (χ1n) is 10.4. The van der Waals surface area contributed by atoms with Crippen LogP contribution in [0.5, 0.6) is 5.75 Å². The number of imidazole rings is 1. The molecule has 1 aromatic carbocycles. The molecule has 1 saturated carbocycles. The van der Waals surface area contributed by atoms with Gasteiger partial charge >= 0.3 is 6.09 Å². The molecule has 1 aromatic heterocycles. The van der Waals surface area contributed by atoms with Crippen LogP contribution < -0.4 is 14.5 Å². The van der Waals surface area contributed by atoms with Crippen LogP contribution in [0.4, 0.5) is 25.1 Å². The van der Waals surface area contributed by atoms with Crippen molar-refractivity contribution in [2.45, 2.75) is 38.4 Å². The fraction of sp³-hybridized carbons (Fsp3) is 0.524. The Labute approximate surface area is 172 Å². The van der Waals surface area contributed by atoms with E-state index in [1.54, 1.807) is 6.20 Å². The predicted molar refractivity (Wildman–Crippen MR) is 105 cm³/mol. The van der Waals surface area contributed by atoms with E-state index in [1.807, 2.05) is 10.6 Å². The van der Waals surface area contributed by atoms with Gasteiger partial charge in [0.15, 0.2) is 5.82 Å². The van der Waals surface area contributed by atoms with E-state index in [1.165, 1.54) is 6.42 Å². The number of benzene rings is 1. The number of alkyl halides is 2. The van der Waals surface area contributed by atoms with Gasteiger partial charge in [-0.15, -0.1) is 0 Å². The van der Waals surface area contributed by atoms with E-state index in [9.17, 15) is 13.6 Å². The van der Waals surface area contributed by atoms with Crippen LogP contribution in [0.1, 0.15) is 13.3 Å². The largest absolute Gasteiger partial charge is 0.491 e. The lowest BCUT2D eigenvalue weighted by molar-refractivity contribution is 0.104. The van der Waals surface area contributed by atoms with Crippen molar-refractivity contribution in [3.05, 3.63) is 24.4 Å². The Bertz CT molecular complexity index is 1030. The van der Waals surface area contributed by atoms with Crippen molar-refractivity contribution in [3.8, 4) is 17.1 Å². The number of rotatable bonds is 3. The van der Waals surface area contributed by atoms with Gasteiger partial charge in [-0.05, 0) is 30.4 Å². The lowest BCUT2D eigenvalue weighted by atomic mass is 10.1. The third-order valence-electron chi connectivity index (χ3n) is 6.91. The summed E-state index contributed by atoms with van der Waals surface area (Å²) in [4.78, 5) is 20.0. The molecule has 0 bridgehead atoms. The Morgan fingerprint density at radius 1 is 1.23 bits per heavy atom. The van der Waals surface area contributed by atoms with Gasteiger partial charge in [-0.25, -0.2) is 23.5 Å². The maximum atomic E-state index is 13.4. The van der Waals surface area contributed by atoms with Crippen LogP contribution in [-0.2, 0) is 11.3 Å². The van der Waals surface area contributed by atoms with E-state index >= 15 is 0 Å². The van der Waals surface area contributed by atoms with Crippen molar-refractivity contribution in [1.82, 2.24) is 9.55 Å². The SMILES string of the molecule is CC1C2CCN(c3ccc4c(c3)OCCn3cc(N5C(=O)OCC5C(F)F)nc3-4)C12. The van der Waals surface area contributed by atoms with Gasteiger partial charge < -0.3 is 18.9 Å². The summed E-state index contributed by atoms with van der Waals surface area (Å²) < 4.78 is 39.4. The summed E-state index contributed by atoms with van der Waals surface area (Å²) >= 11 is 0. The number of fused-ring (bicyclic) bond motifs is 4. The first-order chi connectivity index (χ1) is 14.5. The van der Waals surface area contributed by atoms with Crippen LogP contribution >= 0.6 is 0 Å². The summed E-state index contributed by atoms with van der Waals surface area (Å²) in [5.74, 6) is 3.06. The molecule has 1 aliphatic carbocycles. The minimum atomic E-state index is -2.70. The van der Waals surface area contributed by atoms with Crippen molar-refractivity contribution >= 4 is 17.6 Å². The van der Waals surface area contributed by atoms with Gasteiger partial charge in [-0.1, -0.05) is 6.92 Å². The van der Waals surface area contributed by atoms with Gasteiger partial charge in [0.05, 0.1) is 12.1 Å². The highest BCUT2D eigenvalue weighted by molar-refractivity contribution is 5.89. The molecule has 6 rings (SSSR count). The monoisotopic (exact) mass is 416 g/mol. The zero-order valence-corrected chi connectivity index (χ0v) is 16.5. The molecule has 2 saturated heterocycles. The molecule has 1 amide bonds. The number of carbonyl (C=O) groups is 1. The minimum Gasteiger partial charge on any atom is -0.491 e. The number of ether oxygens (including phenoxy) is 2. The molecule has 3 fully saturated rings. The Hall–Kier alpha value is -2.84. The molecule has 4 unspecified atom stereocenters. The van der Waals surface area contributed by atoms with Gasteiger partial charge in [0, 0.05) is 30.5 Å². The lowest BCUT2D eigenvalue weighted by Crippen LogP contribution is -2.38. The third-order valence-corrected chi connectivity index (χ3v) is 6.91. The summed E-state index contributed by atoms with van der Waals surface area (Å²) in [6.45, 7) is 3.97. The fourth-order valence-electron chi connectivity index (χ4n) is 5.25. The molecule has 4 heterocycles. The van der Waals surface area contributed by atoms with E-state index in [-0.39, 0.29) is 12.4 Å². The van der Waals surface area contributed by atoms with Crippen molar-refractivity contribution in [2.24, 2.45) is 11.8 Å².